The van der Waals surface area contributed by atoms with Gasteiger partial charge in [0.1, 0.15) is 5.92 Å². The molecule has 1 rings (SSSR count). The van der Waals surface area contributed by atoms with E-state index in [0.717, 1.165) is 19.3 Å². The molecule has 3 heteroatoms. The fourth-order valence-corrected chi connectivity index (χ4v) is 1.73. The fraction of sp³-hybridized carbons (Fsp3) is 0.636. The van der Waals surface area contributed by atoms with Crippen molar-refractivity contribution in [2.45, 2.75) is 38.5 Å². The van der Waals surface area contributed by atoms with Crippen molar-refractivity contribution in [1.82, 2.24) is 0 Å². The minimum atomic E-state index is -0.613. The van der Waals surface area contributed by atoms with Crippen LogP contribution in [0.2, 0.25) is 0 Å². The smallest absolute Gasteiger partial charge is 0.234 e. The molecular weight excluding hydrogens is 176 g/mol. The number of carbonyl (C=O) groups excluding carboxylic acids is 1. The molecule has 1 aliphatic carbocycles. The zero-order chi connectivity index (χ0) is 10.4. The van der Waals surface area contributed by atoms with Crippen LogP contribution in [0.25, 0.3) is 0 Å². The SMILES string of the molecule is N#CC(CCC1=CCCCC1)C(N)=O. The van der Waals surface area contributed by atoms with E-state index in [1.807, 2.05) is 6.07 Å². The van der Waals surface area contributed by atoms with Gasteiger partial charge in [0.05, 0.1) is 6.07 Å². The number of amides is 1. The minimum Gasteiger partial charge on any atom is -0.369 e. The number of nitriles is 1. The highest BCUT2D eigenvalue weighted by Crippen LogP contribution is 2.22. The van der Waals surface area contributed by atoms with E-state index in [1.165, 1.54) is 18.4 Å². The lowest BCUT2D eigenvalue weighted by Gasteiger charge is -2.13. The number of nitrogens with two attached hydrogens (primary N) is 1. The van der Waals surface area contributed by atoms with Crippen molar-refractivity contribution in [2.24, 2.45) is 11.7 Å². The lowest BCUT2D eigenvalue weighted by Crippen LogP contribution is -2.21. The van der Waals surface area contributed by atoms with E-state index in [0.29, 0.717) is 6.42 Å². The molecule has 1 unspecified atom stereocenters. The Morgan fingerprint density at radius 2 is 2.43 bits per heavy atom. The first-order valence-corrected chi connectivity index (χ1v) is 5.11. The summed E-state index contributed by atoms with van der Waals surface area (Å²) in [7, 11) is 0. The highest BCUT2D eigenvalue weighted by molar-refractivity contribution is 5.79. The summed E-state index contributed by atoms with van der Waals surface area (Å²) in [6.45, 7) is 0. The van der Waals surface area contributed by atoms with E-state index in [4.69, 9.17) is 11.0 Å². The van der Waals surface area contributed by atoms with Gasteiger partial charge in [-0.15, -0.1) is 0 Å². The molecule has 0 heterocycles. The van der Waals surface area contributed by atoms with Gasteiger partial charge in [-0.1, -0.05) is 11.6 Å². The molecule has 0 saturated heterocycles. The molecule has 1 aliphatic rings. The molecule has 0 aliphatic heterocycles. The maximum atomic E-state index is 10.8. The first-order valence-electron chi connectivity index (χ1n) is 5.11. The van der Waals surface area contributed by atoms with Crippen molar-refractivity contribution in [3.05, 3.63) is 11.6 Å². The average molecular weight is 192 g/mol. The second kappa shape index (κ2) is 5.43. The van der Waals surface area contributed by atoms with Crippen molar-refractivity contribution >= 4 is 5.91 Å². The van der Waals surface area contributed by atoms with Crippen molar-refractivity contribution in [3.8, 4) is 6.07 Å². The summed E-state index contributed by atoms with van der Waals surface area (Å²) < 4.78 is 0. The largest absolute Gasteiger partial charge is 0.369 e. The molecule has 0 aromatic carbocycles. The molecule has 0 radical (unpaired) electrons. The Bertz CT molecular complexity index is 276. The molecule has 1 amide bonds. The Kier molecular flexibility index (Phi) is 4.18. The zero-order valence-corrected chi connectivity index (χ0v) is 8.33. The monoisotopic (exact) mass is 192 g/mol. The van der Waals surface area contributed by atoms with Crippen molar-refractivity contribution in [3.63, 3.8) is 0 Å². The van der Waals surface area contributed by atoms with Crippen LogP contribution < -0.4 is 5.73 Å². The Labute approximate surface area is 84.6 Å². The van der Waals surface area contributed by atoms with Crippen LogP contribution >= 0.6 is 0 Å². The highest BCUT2D eigenvalue weighted by atomic mass is 16.1. The van der Waals surface area contributed by atoms with Crippen LogP contribution in [0, 0.1) is 17.2 Å². The molecular formula is C11H16N2O. The number of hydrogen-bond donors (Lipinski definition) is 1. The van der Waals surface area contributed by atoms with Gasteiger partial charge in [-0.05, 0) is 38.5 Å². The summed E-state index contributed by atoms with van der Waals surface area (Å²) in [6.07, 6.45) is 8.43. The van der Waals surface area contributed by atoms with Crippen LogP contribution in [0.1, 0.15) is 38.5 Å². The molecule has 76 valence electrons. The number of primary amides is 1. The molecule has 0 aromatic rings. The first-order chi connectivity index (χ1) is 6.74. The first kappa shape index (κ1) is 10.8. The molecule has 14 heavy (non-hydrogen) atoms. The normalized spacial score (nSPS) is 18.1. The standard InChI is InChI=1S/C11H16N2O/c12-8-10(11(13)14)7-6-9-4-2-1-3-5-9/h4,10H,1-3,5-7H2,(H2,13,14). The predicted molar refractivity (Wildman–Crippen MR) is 54.1 cm³/mol. The lowest BCUT2D eigenvalue weighted by molar-refractivity contribution is -0.120. The van der Waals surface area contributed by atoms with Gasteiger partial charge in [0.2, 0.25) is 5.91 Å². The molecule has 3 nitrogen and oxygen atoms in total. The Morgan fingerprint density at radius 1 is 1.64 bits per heavy atom. The van der Waals surface area contributed by atoms with Gasteiger partial charge in [0.15, 0.2) is 0 Å². The average Bonchev–Trinajstić information content (AvgIpc) is 2.20. The topological polar surface area (TPSA) is 66.9 Å². The minimum absolute atomic E-state index is 0.496. The number of hydrogen-bond acceptors (Lipinski definition) is 2. The molecule has 0 aromatic heterocycles. The molecule has 1 atom stereocenters. The number of carbonyl (C=O) groups is 1. The summed E-state index contributed by atoms with van der Waals surface area (Å²) in [5.41, 5.74) is 6.47. The molecule has 2 N–H and O–H groups in total. The van der Waals surface area contributed by atoms with Gasteiger partial charge in [-0.25, -0.2) is 0 Å². The zero-order valence-electron chi connectivity index (χ0n) is 8.33. The lowest BCUT2D eigenvalue weighted by atomic mass is 9.93. The van der Waals surface area contributed by atoms with E-state index in [2.05, 4.69) is 6.08 Å². The molecule has 0 bridgehead atoms. The summed E-state index contributed by atoms with van der Waals surface area (Å²) in [4.78, 5) is 10.8. The van der Waals surface area contributed by atoms with Crippen LogP contribution in [-0.4, -0.2) is 5.91 Å². The second-order valence-electron chi connectivity index (χ2n) is 3.73. The van der Waals surface area contributed by atoms with Crippen LogP contribution in [0.15, 0.2) is 11.6 Å². The summed E-state index contributed by atoms with van der Waals surface area (Å²) >= 11 is 0. The number of nitrogens with zero attached hydrogens (tertiary/aromatic N) is 1. The van der Waals surface area contributed by atoms with Crippen molar-refractivity contribution < 1.29 is 4.79 Å². The Hall–Kier alpha value is -1.30. The summed E-state index contributed by atoms with van der Waals surface area (Å²) in [6, 6.07) is 1.94. The van der Waals surface area contributed by atoms with Gasteiger partial charge in [0, 0.05) is 0 Å². The van der Waals surface area contributed by atoms with E-state index in [1.54, 1.807) is 0 Å². The van der Waals surface area contributed by atoms with Gasteiger partial charge in [0.25, 0.3) is 0 Å². The van der Waals surface area contributed by atoms with E-state index in [-0.39, 0.29) is 0 Å². The maximum Gasteiger partial charge on any atom is 0.234 e. The Morgan fingerprint density at radius 3 is 2.93 bits per heavy atom. The quantitative estimate of drug-likeness (QED) is 0.691. The molecule has 0 spiro atoms. The van der Waals surface area contributed by atoms with E-state index in [9.17, 15) is 4.79 Å². The molecule has 0 saturated carbocycles. The summed E-state index contributed by atoms with van der Waals surface area (Å²) in [5.74, 6) is -1.11. The molecule has 0 fully saturated rings. The van der Waals surface area contributed by atoms with Gasteiger partial charge in [-0.2, -0.15) is 5.26 Å². The van der Waals surface area contributed by atoms with Gasteiger partial charge in [-0.3, -0.25) is 4.79 Å². The van der Waals surface area contributed by atoms with E-state index < -0.39 is 11.8 Å². The van der Waals surface area contributed by atoms with Crippen LogP contribution in [0.3, 0.4) is 0 Å². The third-order valence-corrected chi connectivity index (χ3v) is 2.64. The van der Waals surface area contributed by atoms with Crippen LogP contribution in [0.5, 0.6) is 0 Å². The van der Waals surface area contributed by atoms with Crippen molar-refractivity contribution in [2.75, 3.05) is 0 Å². The van der Waals surface area contributed by atoms with Gasteiger partial charge >= 0.3 is 0 Å². The van der Waals surface area contributed by atoms with Crippen LogP contribution in [0.4, 0.5) is 0 Å². The third kappa shape index (κ3) is 3.21. The second-order valence-corrected chi connectivity index (χ2v) is 3.73. The van der Waals surface area contributed by atoms with E-state index >= 15 is 0 Å². The highest BCUT2D eigenvalue weighted by Gasteiger charge is 2.14. The predicted octanol–water partition coefficient (Wildman–Crippen LogP) is 1.89. The number of rotatable bonds is 4. The Balaban J connectivity index is 2.35. The van der Waals surface area contributed by atoms with Crippen LogP contribution in [-0.2, 0) is 4.79 Å². The van der Waals surface area contributed by atoms with Crippen molar-refractivity contribution in [1.29, 1.82) is 5.26 Å². The fourth-order valence-electron chi connectivity index (χ4n) is 1.73. The summed E-state index contributed by atoms with van der Waals surface area (Å²) in [5, 5.41) is 8.66. The third-order valence-electron chi connectivity index (χ3n) is 2.64. The number of allylic oxidation sites excluding steroid dienone is 2. The maximum absolute atomic E-state index is 10.8. The van der Waals surface area contributed by atoms with Gasteiger partial charge < -0.3 is 5.73 Å².